The van der Waals surface area contributed by atoms with Gasteiger partial charge in [0.1, 0.15) is 0 Å². The summed E-state index contributed by atoms with van der Waals surface area (Å²) in [6.07, 6.45) is 1.25. The molecule has 0 fully saturated rings. The Morgan fingerprint density at radius 3 is 2.81 bits per heavy atom. The quantitative estimate of drug-likeness (QED) is 0.390. The zero-order chi connectivity index (χ0) is 19.4. The number of carbonyl (C=O) groups is 1. The smallest absolute Gasteiger partial charge is 0.224 e. The number of hydrogen-bond acceptors (Lipinski definition) is 2. The summed E-state index contributed by atoms with van der Waals surface area (Å²) in [5.41, 5.74) is 4.01. The molecule has 0 spiro atoms. The van der Waals surface area contributed by atoms with Gasteiger partial charge in [-0.15, -0.1) is 0 Å². The molecule has 0 aliphatic heterocycles. The van der Waals surface area contributed by atoms with Gasteiger partial charge in [-0.2, -0.15) is 0 Å². The minimum absolute atomic E-state index is 0.0154. The second-order valence-electron chi connectivity index (χ2n) is 6.75. The van der Waals surface area contributed by atoms with E-state index in [4.69, 9.17) is 11.6 Å². The van der Waals surface area contributed by atoms with E-state index in [-0.39, 0.29) is 11.9 Å². The predicted octanol–water partition coefficient (Wildman–Crippen LogP) is 5.96. The highest BCUT2D eigenvalue weighted by molar-refractivity contribution is 9.10. The fraction of sp³-hybridized carbons (Fsp3) is 0.286. The third-order valence-corrected chi connectivity index (χ3v) is 5.46. The average Bonchev–Trinajstić information content (AvgIpc) is 3.05. The monoisotopic (exact) mass is 447 g/mol. The molecule has 3 aromatic rings. The number of hydrogen-bond donors (Lipinski definition) is 3. The largest absolute Gasteiger partial charge is 0.357 e. The van der Waals surface area contributed by atoms with Crippen molar-refractivity contribution in [2.24, 2.45) is 0 Å². The number of aromatic amines is 1. The first-order valence-corrected chi connectivity index (χ1v) is 10.2. The number of nitrogens with one attached hydrogen (secondary N) is 3. The lowest BCUT2D eigenvalue weighted by atomic mass is 10.2. The Bertz CT molecular complexity index is 954. The van der Waals surface area contributed by atoms with Crippen LogP contribution in [-0.2, 0) is 4.79 Å². The molecule has 0 aliphatic rings. The van der Waals surface area contributed by atoms with Crippen molar-refractivity contribution in [3.63, 3.8) is 0 Å². The van der Waals surface area contributed by atoms with Gasteiger partial charge >= 0.3 is 0 Å². The topological polar surface area (TPSA) is 56.9 Å². The number of anilines is 1. The summed E-state index contributed by atoms with van der Waals surface area (Å²) >= 11 is 9.51. The molecule has 6 heteroatoms. The summed E-state index contributed by atoms with van der Waals surface area (Å²) in [4.78, 5) is 15.5. The van der Waals surface area contributed by atoms with Gasteiger partial charge in [-0.05, 0) is 74.8 Å². The average molecular weight is 449 g/mol. The number of rotatable bonds is 7. The molecule has 4 nitrogen and oxygen atoms in total. The second kappa shape index (κ2) is 8.91. The molecular weight excluding hydrogens is 426 g/mol. The van der Waals surface area contributed by atoms with E-state index in [1.54, 1.807) is 6.07 Å². The maximum atomic E-state index is 12.1. The fourth-order valence-electron chi connectivity index (χ4n) is 2.98. The van der Waals surface area contributed by atoms with Crippen LogP contribution < -0.4 is 10.6 Å². The van der Waals surface area contributed by atoms with Gasteiger partial charge < -0.3 is 15.6 Å². The van der Waals surface area contributed by atoms with Crippen molar-refractivity contribution in [2.75, 3.05) is 11.9 Å². The van der Waals surface area contributed by atoms with Gasteiger partial charge in [0.05, 0.1) is 0 Å². The number of aromatic nitrogens is 1. The van der Waals surface area contributed by atoms with E-state index in [1.807, 2.05) is 25.1 Å². The summed E-state index contributed by atoms with van der Waals surface area (Å²) in [6.45, 7) is 4.82. The van der Waals surface area contributed by atoms with Crippen LogP contribution in [0, 0.1) is 6.92 Å². The van der Waals surface area contributed by atoms with Crippen molar-refractivity contribution in [2.45, 2.75) is 32.7 Å². The molecular formula is C21H23BrClN3O. The lowest BCUT2D eigenvalue weighted by Gasteiger charge is -2.12. The number of fused-ring (bicyclic) bond motifs is 1. The summed E-state index contributed by atoms with van der Waals surface area (Å²) in [6, 6.07) is 14.1. The highest BCUT2D eigenvalue weighted by Gasteiger charge is 2.09. The molecule has 1 atom stereocenters. The molecule has 2 aromatic carbocycles. The summed E-state index contributed by atoms with van der Waals surface area (Å²) in [7, 11) is 0. The summed E-state index contributed by atoms with van der Waals surface area (Å²) < 4.78 is 1.07. The first kappa shape index (κ1) is 19.9. The molecule has 1 heterocycles. The van der Waals surface area contributed by atoms with E-state index in [9.17, 15) is 4.79 Å². The van der Waals surface area contributed by atoms with Crippen molar-refractivity contribution in [1.29, 1.82) is 0 Å². The number of amides is 1. The van der Waals surface area contributed by atoms with E-state index in [0.29, 0.717) is 11.4 Å². The van der Waals surface area contributed by atoms with Crippen LogP contribution in [0.2, 0.25) is 5.02 Å². The van der Waals surface area contributed by atoms with Crippen LogP contribution in [0.5, 0.6) is 0 Å². The molecule has 3 rings (SSSR count). The molecule has 0 radical (unpaired) electrons. The predicted molar refractivity (Wildman–Crippen MR) is 116 cm³/mol. The number of halogens is 2. The maximum absolute atomic E-state index is 12.1. The Hall–Kier alpha value is -1.82. The molecule has 1 unspecified atom stereocenters. The van der Waals surface area contributed by atoms with Crippen molar-refractivity contribution >= 4 is 50.0 Å². The van der Waals surface area contributed by atoms with E-state index >= 15 is 0 Å². The molecule has 1 amide bonds. The van der Waals surface area contributed by atoms with E-state index in [1.165, 1.54) is 5.39 Å². The fourth-order valence-corrected chi connectivity index (χ4v) is 3.48. The standard InChI is InChI=1S/C21H23BrClN3O/c1-13-10-17(6-7-18(13)23)25-21(27)4-3-9-24-14(2)20-12-15-11-16(22)5-8-19(15)26-20/h5-8,10-12,14,24,26H,3-4,9H2,1-2H3,(H,25,27). The minimum Gasteiger partial charge on any atom is -0.357 e. The Morgan fingerprint density at radius 2 is 2.04 bits per heavy atom. The molecule has 27 heavy (non-hydrogen) atoms. The Balaban J connectivity index is 1.44. The van der Waals surface area contributed by atoms with Crippen LogP contribution in [-0.4, -0.2) is 17.4 Å². The Morgan fingerprint density at radius 1 is 1.22 bits per heavy atom. The van der Waals surface area contributed by atoms with Crippen LogP contribution in [0.3, 0.4) is 0 Å². The normalized spacial score (nSPS) is 12.3. The van der Waals surface area contributed by atoms with Crippen molar-refractivity contribution in [3.05, 3.63) is 63.2 Å². The molecule has 1 aromatic heterocycles. The minimum atomic E-state index is 0.0154. The Labute approximate surface area is 172 Å². The number of aryl methyl sites for hydroxylation is 1. The zero-order valence-corrected chi connectivity index (χ0v) is 17.7. The van der Waals surface area contributed by atoms with Crippen molar-refractivity contribution in [1.82, 2.24) is 10.3 Å². The lowest BCUT2D eigenvalue weighted by molar-refractivity contribution is -0.116. The van der Waals surface area contributed by atoms with Crippen LogP contribution >= 0.6 is 27.5 Å². The van der Waals surface area contributed by atoms with Gasteiger partial charge in [-0.25, -0.2) is 0 Å². The van der Waals surface area contributed by atoms with Gasteiger partial charge in [0.2, 0.25) is 5.91 Å². The molecule has 0 saturated carbocycles. The van der Waals surface area contributed by atoms with Crippen molar-refractivity contribution in [3.8, 4) is 0 Å². The van der Waals surface area contributed by atoms with Gasteiger partial charge in [-0.3, -0.25) is 4.79 Å². The third-order valence-electron chi connectivity index (χ3n) is 4.54. The molecule has 0 aliphatic carbocycles. The van der Waals surface area contributed by atoms with E-state index < -0.39 is 0 Å². The SMILES string of the molecule is Cc1cc(NC(=O)CCCNC(C)c2cc3cc(Br)ccc3[nH]2)ccc1Cl. The van der Waals surface area contributed by atoms with Crippen LogP contribution in [0.1, 0.15) is 37.1 Å². The Kier molecular flexibility index (Phi) is 6.58. The van der Waals surface area contributed by atoms with Crippen molar-refractivity contribution < 1.29 is 4.79 Å². The lowest BCUT2D eigenvalue weighted by Crippen LogP contribution is -2.21. The van der Waals surface area contributed by atoms with Gasteiger partial charge in [0.25, 0.3) is 0 Å². The number of carbonyl (C=O) groups excluding carboxylic acids is 1. The molecule has 0 saturated heterocycles. The van der Waals surface area contributed by atoms with Gasteiger partial charge in [0.15, 0.2) is 0 Å². The number of benzene rings is 2. The second-order valence-corrected chi connectivity index (χ2v) is 8.07. The molecule has 3 N–H and O–H groups in total. The third kappa shape index (κ3) is 5.34. The van der Waals surface area contributed by atoms with E-state index in [0.717, 1.165) is 39.9 Å². The highest BCUT2D eigenvalue weighted by atomic mass is 79.9. The zero-order valence-electron chi connectivity index (χ0n) is 15.4. The number of H-pyrrole nitrogens is 1. The molecule has 142 valence electrons. The summed E-state index contributed by atoms with van der Waals surface area (Å²) in [5, 5.41) is 8.28. The van der Waals surface area contributed by atoms with Crippen LogP contribution in [0.4, 0.5) is 5.69 Å². The van der Waals surface area contributed by atoms with E-state index in [2.05, 4.69) is 56.7 Å². The molecule has 0 bridgehead atoms. The highest BCUT2D eigenvalue weighted by Crippen LogP contribution is 2.23. The van der Waals surface area contributed by atoms with Gasteiger partial charge in [0, 0.05) is 44.2 Å². The summed E-state index contributed by atoms with van der Waals surface area (Å²) in [5.74, 6) is 0.0154. The van der Waals surface area contributed by atoms with Gasteiger partial charge in [-0.1, -0.05) is 27.5 Å². The van der Waals surface area contributed by atoms with Crippen LogP contribution in [0.15, 0.2) is 46.9 Å². The maximum Gasteiger partial charge on any atom is 0.224 e. The van der Waals surface area contributed by atoms with Crippen LogP contribution in [0.25, 0.3) is 10.9 Å². The first-order valence-electron chi connectivity index (χ1n) is 9.00. The first-order chi connectivity index (χ1) is 12.9.